The summed E-state index contributed by atoms with van der Waals surface area (Å²) in [6.45, 7) is 0. The first-order valence-corrected chi connectivity index (χ1v) is 8.29. The van der Waals surface area contributed by atoms with Gasteiger partial charge in [-0.2, -0.15) is 0 Å². The number of para-hydroxylation sites is 1. The highest BCUT2D eigenvalue weighted by Gasteiger charge is 2.47. The molecule has 0 heterocycles. The Morgan fingerprint density at radius 3 is 2.50 bits per heavy atom. The quantitative estimate of drug-likeness (QED) is 0.909. The van der Waals surface area contributed by atoms with Crippen LogP contribution >= 0.6 is 0 Å². The number of anilines is 2. The second-order valence-corrected chi connectivity index (χ2v) is 6.53. The van der Waals surface area contributed by atoms with Gasteiger partial charge in [0.1, 0.15) is 5.75 Å². The molecule has 0 saturated heterocycles. The van der Waals surface area contributed by atoms with Gasteiger partial charge in [-0.1, -0.05) is 30.7 Å². The monoisotopic (exact) mass is 324 g/mol. The molecule has 1 fully saturated rings. The number of amides is 1. The van der Waals surface area contributed by atoms with E-state index in [1.807, 2.05) is 67.5 Å². The first-order chi connectivity index (χ1) is 11.6. The van der Waals surface area contributed by atoms with Crippen molar-refractivity contribution in [2.24, 2.45) is 0 Å². The molecule has 4 nitrogen and oxygen atoms in total. The van der Waals surface area contributed by atoms with Crippen LogP contribution in [0.1, 0.15) is 24.8 Å². The number of carbonyl (C=O) groups excluding carboxylic acids is 1. The smallest absolute Gasteiger partial charge is 0.235 e. The van der Waals surface area contributed by atoms with Crippen molar-refractivity contribution in [3.8, 4) is 5.75 Å². The van der Waals surface area contributed by atoms with Crippen LogP contribution in [0.5, 0.6) is 5.75 Å². The summed E-state index contributed by atoms with van der Waals surface area (Å²) >= 11 is 0. The molecule has 0 aromatic heterocycles. The molecule has 2 aromatic rings. The Morgan fingerprint density at radius 1 is 1.12 bits per heavy atom. The zero-order valence-electron chi connectivity index (χ0n) is 14.5. The lowest BCUT2D eigenvalue weighted by Crippen LogP contribution is -2.46. The van der Waals surface area contributed by atoms with Crippen LogP contribution in [0.2, 0.25) is 0 Å². The van der Waals surface area contributed by atoms with E-state index in [2.05, 4.69) is 5.32 Å². The van der Waals surface area contributed by atoms with Gasteiger partial charge in [-0.15, -0.1) is 0 Å². The first kappa shape index (κ1) is 16.4. The van der Waals surface area contributed by atoms with Crippen LogP contribution in [0.3, 0.4) is 0 Å². The Hall–Kier alpha value is -2.49. The lowest BCUT2D eigenvalue weighted by molar-refractivity contribution is -0.124. The maximum absolute atomic E-state index is 13.1. The fraction of sp³-hybridized carbons (Fsp3) is 0.350. The summed E-state index contributed by atoms with van der Waals surface area (Å²) < 4.78 is 5.49. The average Bonchev–Trinajstić information content (AvgIpc) is 2.54. The summed E-state index contributed by atoms with van der Waals surface area (Å²) in [5.74, 6) is 0.837. The van der Waals surface area contributed by atoms with E-state index in [4.69, 9.17) is 4.74 Å². The van der Waals surface area contributed by atoms with Gasteiger partial charge in [0.25, 0.3) is 0 Å². The molecular formula is C20H24N2O2. The number of ether oxygens (including phenoxy) is 1. The van der Waals surface area contributed by atoms with Crippen LogP contribution in [0, 0.1) is 0 Å². The molecule has 1 saturated carbocycles. The highest BCUT2D eigenvalue weighted by Crippen LogP contribution is 2.47. The van der Waals surface area contributed by atoms with E-state index in [0.717, 1.165) is 42.0 Å². The molecule has 3 rings (SSSR count). The molecule has 0 atom stereocenters. The molecule has 0 radical (unpaired) electrons. The molecule has 1 N–H and O–H groups in total. The van der Waals surface area contributed by atoms with Crippen LogP contribution in [-0.4, -0.2) is 27.1 Å². The predicted molar refractivity (Wildman–Crippen MR) is 97.9 cm³/mol. The summed E-state index contributed by atoms with van der Waals surface area (Å²) in [7, 11) is 5.63. The molecule has 4 heteroatoms. The number of nitrogens with one attached hydrogen (secondary N) is 1. The van der Waals surface area contributed by atoms with Crippen LogP contribution in [0.25, 0.3) is 0 Å². The van der Waals surface area contributed by atoms with Gasteiger partial charge >= 0.3 is 0 Å². The van der Waals surface area contributed by atoms with Gasteiger partial charge in [-0.05, 0) is 37.1 Å². The lowest BCUT2D eigenvalue weighted by atomic mass is 9.63. The molecular weight excluding hydrogens is 300 g/mol. The second kappa shape index (κ2) is 6.56. The van der Waals surface area contributed by atoms with E-state index in [-0.39, 0.29) is 5.91 Å². The fourth-order valence-corrected chi connectivity index (χ4v) is 3.30. The summed E-state index contributed by atoms with van der Waals surface area (Å²) in [6.07, 6.45) is 2.77. The van der Waals surface area contributed by atoms with Crippen molar-refractivity contribution in [1.29, 1.82) is 0 Å². The third-order valence-electron chi connectivity index (χ3n) is 4.88. The second-order valence-electron chi connectivity index (χ2n) is 6.53. The third-order valence-corrected chi connectivity index (χ3v) is 4.88. The molecule has 0 spiro atoms. The molecule has 0 bridgehead atoms. The van der Waals surface area contributed by atoms with Gasteiger partial charge in [-0.3, -0.25) is 4.79 Å². The van der Waals surface area contributed by atoms with E-state index in [0.29, 0.717) is 0 Å². The number of hydrogen-bond donors (Lipinski definition) is 1. The Balaban J connectivity index is 1.88. The largest absolute Gasteiger partial charge is 0.496 e. The fourth-order valence-electron chi connectivity index (χ4n) is 3.30. The Labute approximate surface area is 143 Å². The van der Waals surface area contributed by atoms with Gasteiger partial charge in [0.05, 0.1) is 12.5 Å². The number of benzene rings is 2. The molecule has 1 aliphatic carbocycles. The summed E-state index contributed by atoms with van der Waals surface area (Å²) in [5, 5.41) is 3.11. The number of carbonyl (C=O) groups is 1. The molecule has 24 heavy (non-hydrogen) atoms. The van der Waals surface area contributed by atoms with E-state index in [1.54, 1.807) is 7.11 Å². The molecule has 2 aromatic carbocycles. The summed E-state index contributed by atoms with van der Waals surface area (Å²) in [4.78, 5) is 15.1. The maximum Gasteiger partial charge on any atom is 0.235 e. The van der Waals surface area contributed by atoms with Gasteiger partial charge in [0.2, 0.25) is 5.91 Å². The van der Waals surface area contributed by atoms with E-state index in [1.165, 1.54) is 0 Å². The van der Waals surface area contributed by atoms with Crippen LogP contribution in [-0.2, 0) is 10.2 Å². The van der Waals surface area contributed by atoms with Crippen molar-refractivity contribution < 1.29 is 9.53 Å². The van der Waals surface area contributed by atoms with Crippen molar-refractivity contribution in [1.82, 2.24) is 0 Å². The number of methoxy groups -OCH3 is 1. The Kier molecular flexibility index (Phi) is 4.47. The van der Waals surface area contributed by atoms with Crippen molar-refractivity contribution in [2.75, 3.05) is 31.4 Å². The number of nitrogens with zero attached hydrogens (tertiary/aromatic N) is 1. The number of hydrogen-bond acceptors (Lipinski definition) is 3. The zero-order valence-corrected chi connectivity index (χ0v) is 14.5. The minimum Gasteiger partial charge on any atom is -0.496 e. The normalized spacial score (nSPS) is 15.3. The highest BCUT2D eigenvalue weighted by molar-refractivity contribution is 6.00. The molecule has 1 amide bonds. The molecule has 1 aliphatic rings. The average molecular weight is 324 g/mol. The Bertz CT molecular complexity index is 736. The van der Waals surface area contributed by atoms with E-state index in [9.17, 15) is 4.79 Å². The highest BCUT2D eigenvalue weighted by atomic mass is 16.5. The van der Waals surface area contributed by atoms with Crippen molar-refractivity contribution >= 4 is 17.3 Å². The molecule has 0 unspecified atom stereocenters. The van der Waals surface area contributed by atoms with E-state index >= 15 is 0 Å². The van der Waals surface area contributed by atoms with Crippen molar-refractivity contribution in [3.05, 3.63) is 54.1 Å². The maximum atomic E-state index is 13.1. The van der Waals surface area contributed by atoms with Crippen molar-refractivity contribution in [3.63, 3.8) is 0 Å². The van der Waals surface area contributed by atoms with Crippen LogP contribution < -0.4 is 15.0 Å². The summed E-state index contributed by atoms with van der Waals surface area (Å²) in [6, 6.07) is 15.7. The first-order valence-electron chi connectivity index (χ1n) is 8.29. The lowest BCUT2D eigenvalue weighted by Gasteiger charge is -2.41. The minimum absolute atomic E-state index is 0.0501. The molecule has 0 aliphatic heterocycles. The SMILES string of the molecule is COc1ccccc1C1(C(=O)Nc2cccc(N(C)C)c2)CCC1. The van der Waals surface area contributed by atoms with Gasteiger partial charge in [0, 0.05) is 31.0 Å². The summed E-state index contributed by atoms with van der Waals surface area (Å²) in [5.41, 5.74) is 2.39. The van der Waals surface area contributed by atoms with Crippen LogP contribution in [0.15, 0.2) is 48.5 Å². The minimum atomic E-state index is -0.485. The van der Waals surface area contributed by atoms with Gasteiger partial charge in [0.15, 0.2) is 0 Å². The predicted octanol–water partition coefficient (Wildman–Crippen LogP) is 3.82. The van der Waals surface area contributed by atoms with Gasteiger partial charge in [-0.25, -0.2) is 0 Å². The molecule has 126 valence electrons. The van der Waals surface area contributed by atoms with Crippen LogP contribution in [0.4, 0.5) is 11.4 Å². The Morgan fingerprint density at radius 2 is 1.88 bits per heavy atom. The third kappa shape index (κ3) is 2.84. The number of rotatable bonds is 5. The zero-order chi connectivity index (χ0) is 17.2. The van der Waals surface area contributed by atoms with Gasteiger partial charge < -0.3 is 15.0 Å². The van der Waals surface area contributed by atoms with Crippen molar-refractivity contribution in [2.45, 2.75) is 24.7 Å². The topological polar surface area (TPSA) is 41.6 Å². The standard InChI is InChI=1S/C20H24N2O2/c1-22(2)16-9-6-8-15(14-16)21-19(23)20(12-7-13-20)17-10-4-5-11-18(17)24-3/h4-6,8-11,14H,7,12-13H2,1-3H3,(H,21,23). The van der Waals surface area contributed by atoms with E-state index < -0.39 is 5.41 Å².